The summed E-state index contributed by atoms with van der Waals surface area (Å²) in [7, 11) is -4.41. The van der Waals surface area contributed by atoms with Crippen molar-refractivity contribution in [2.45, 2.75) is 19.6 Å². The molecule has 0 bridgehead atoms. The van der Waals surface area contributed by atoms with Gasteiger partial charge in [0.1, 0.15) is 5.75 Å². The number of rotatable bonds is 2. The van der Waals surface area contributed by atoms with Gasteiger partial charge in [-0.3, -0.25) is 0 Å². The molecule has 0 heterocycles. The maximum atomic E-state index is 12.3. The van der Waals surface area contributed by atoms with E-state index >= 15 is 0 Å². The van der Waals surface area contributed by atoms with Gasteiger partial charge in [0.25, 0.3) is 0 Å². The third-order valence-corrected chi connectivity index (χ3v) is 2.48. The molecule has 0 N–H and O–H groups in total. The first kappa shape index (κ1) is 10.2. The third-order valence-electron chi connectivity index (χ3n) is 1.83. The first-order valence-electron chi connectivity index (χ1n) is 3.87. The van der Waals surface area contributed by atoms with E-state index in [1.165, 1.54) is 0 Å². The van der Waals surface area contributed by atoms with Crippen LogP contribution in [0.1, 0.15) is 16.7 Å². The molecule has 0 aliphatic heterocycles. The molecule has 2 nitrogen and oxygen atoms in total. The maximum absolute atomic E-state index is 12.3. The maximum Gasteiger partial charge on any atom is 0.306 e. The molecule has 72 valence electrons. The molecular weight excluding hydrogens is 191 g/mol. The summed E-state index contributed by atoms with van der Waals surface area (Å²) >= 11 is 0. The first-order chi connectivity index (χ1) is 5.88. The molecule has 1 aromatic rings. The molecule has 0 unspecified atom stereocenters. The van der Waals surface area contributed by atoms with Crippen LogP contribution in [-0.2, 0) is 16.0 Å². The van der Waals surface area contributed by atoms with Gasteiger partial charge in [-0.05, 0) is 25.0 Å². The van der Waals surface area contributed by atoms with Gasteiger partial charge in [-0.25, -0.2) is 0 Å². The predicted octanol–water partition coefficient (Wildman–Crippen LogP) is 2.10. The average molecular weight is 202 g/mol. The van der Waals surface area contributed by atoms with Crippen molar-refractivity contribution in [3.63, 3.8) is 0 Å². The van der Waals surface area contributed by atoms with Gasteiger partial charge >= 0.3 is 10.2 Å². The van der Waals surface area contributed by atoms with Gasteiger partial charge < -0.3 is 0 Å². The largest absolute Gasteiger partial charge is 0.306 e. The van der Waals surface area contributed by atoms with Gasteiger partial charge in [0.05, 0.1) is 0 Å². The van der Waals surface area contributed by atoms with Crippen LogP contribution in [0.15, 0.2) is 18.2 Å². The fraction of sp³-hybridized carbons (Fsp3) is 0.333. The van der Waals surface area contributed by atoms with Crippen molar-refractivity contribution >= 4 is 10.2 Å². The van der Waals surface area contributed by atoms with E-state index in [0.717, 1.165) is 11.1 Å². The highest BCUT2D eigenvalue weighted by molar-refractivity contribution is 7.85. The molecule has 0 aliphatic rings. The smallest absolute Gasteiger partial charge is 0.194 e. The second-order valence-corrected chi connectivity index (χ2v) is 4.48. The SMILES string of the molecule is Cc1ccc(CS(=O)(=O)F)c(C)c1. The van der Waals surface area contributed by atoms with Crippen molar-refractivity contribution < 1.29 is 12.3 Å². The van der Waals surface area contributed by atoms with E-state index in [0.29, 0.717) is 5.56 Å². The molecule has 0 fully saturated rings. The van der Waals surface area contributed by atoms with Crippen LogP contribution in [0.2, 0.25) is 0 Å². The van der Waals surface area contributed by atoms with Crippen molar-refractivity contribution in [3.05, 3.63) is 34.9 Å². The summed E-state index contributed by atoms with van der Waals surface area (Å²) < 4.78 is 33.1. The van der Waals surface area contributed by atoms with Crippen LogP contribution in [0, 0.1) is 13.8 Å². The van der Waals surface area contributed by atoms with Crippen LogP contribution in [0.5, 0.6) is 0 Å². The third kappa shape index (κ3) is 3.14. The highest BCUT2D eigenvalue weighted by atomic mass is 32.3. The zero-order chi connectivity index (χ0) is 10.1. The lowest BCUT2D eigenvalue weighted by Crippen LogP contribution is -1.98. The highest BCUT2D eigenvalue weighted by Crippen LogP contribution is 2.14. The summed E-state index contributed by atoms with van der Waals surface area (Å²) in [5, 5.41) is 0. The molecule has 0 spiro atoms. The minimum atomic E-state index is -4.41. The van der Waals surface area contributed by atoms with Crippen LogP contribution >= 0.6 is 0 Å². The van der Waals surface area contributed by atoms with Gasteiger partial charge in [-0.15, -0.1) is 3.89 Å². The molecule has 1 aromatic carbocycles. The lowest BCUT2D eigenvalue weighted by Gasteiger charge is -2.03. The molecule has 0 saturated heterocycles. The lowest BCUT2D eigenvalue weighted by atomic mass is 10.1. The Bertz CT molecular complexity index is 410. The molecule has 0 aromatic heterocycles. The van der Waals surface area contributed by atoms with Gasteiger partial charge in [0, 0.05) is 0 Å². The van der Waals surface area contributed by atoms with E-state index in [1.54, 1.807) is 19.1 Å². The summed E-state index contributed by atoms with van der Waals surface area (Å²) in [5.41, 5.74) is 2.37. The van der Waals surface area contributed by atoms with Gasteiger partial charge in [0.2, 0.25) is 0 Å². The summed E-state index contributed by atoms with van der Waals surface area (Å²) in [6.07, 6.45) is 0. The minimum absolute atomic E-state index is 0.521. The molecule has 0 amide bonds. The Morgan fingerprint density at radius 1 is 1.31 bits per heavy atom. The van der Waals surface area contributed by atoms with Crippen molar-refractivity contribution in [1.29, 1.82) is 0 Å². The normalized spacial score (nSPS) is 11.6. The fourth-order valence-corrected chi connectivity index (χ4v) is 1.89. The van der Waals surface area contributed by atoms with E-state index in [1.807, 2.05) is 13.0 Å². The monoisotopic (exact) mass is 202 g/mol. The molecule has 0 saturated carbocycles. The summed E-state index contributed by atoms with van der Waals surface area (Å²) in [6.45, 7) is 3.67. The van der Waals surface area contributed by atoms with Crippen molar-refractivity contribution in [1.82, 2.24) is 0 Å². The van der Waals surface area contributed by atoms with Crippen LogP contribution in [-0.4, -0.2) is 8.42 Å². The van der Waals surface area contributed by atoms with Crippen molar-refractivity contribution in [2.75, 3.05) is 0 Å². The molecule has 4 heteroatoms. The number of aryl methyl sites for hydroxylation is 2. The number of halogens is 1. The highest BCUT2D eigenvalue weighted by Gasteiger charge is 2.10. The van der Waals surface area contributed by atoms with E-state index in [9.17, 15) is 12.3 Å². The number of hydrogen-bond donors (Lipinski definition) is 0. The molecule has 13 heavy (non-hydrogen) atoms. The standard InChI is InChI=1S/C9H11FO2S/c1-7-3-4-9(8(2)5-7)6-13(10,11)12/h3-5H,6H2,1-2H3. The van der Waals surface area contributed by atoms with Crippen LogP contribution < -0.4 is 0 Å². The second kappa shape index (κ2) is 3.46. The van der Waals surface area contributed by atoms with E-state index in [2.05, 4.69) is 0 Å². The number of hydrogen-bond acceptors (Lipinski definition) is 2. The van der Waals surface area contributed by atoms with Gasteiger partial charge in [0.15, 0.2) is 0 Å². The predicted molar refractivity (Wildman–Crippen MR) is 49.6 cm³/mol. The first-order valence-corrected chi connectivity index (χ1v) is 5.42. The van der Waals surface area contributed by atoms with E-state index in [-0.39, 0.29) is 0 Å². The van der Waals surface area contributed by atoms with Crippen molar-refractivity contribution in [3.8, 4) is 0 Å². The van der Waals surface area contributed by atoms with Crippen LogP contribution in [0.25, 0.3) is 0 Å². The second-order valence-electron chi connectivity index (χ2n) is 3.11. The summed E-state index contributed by atoms with van der Waals surface area (Å²) in [4.78, 5) is 0. The lowest BCUT2D eigenvalue weighted by molar-refractivity contribution is 0.551. The molecule has 0 aliphatic carbocycles. The van der Waals surface area contributed by atoms with E-state index < -0.39 is 16.0 Å². The van der Waals surface area contributed by atoms with Crippen molar-refractivity contribution in [2.24, 2.45) is 0 Å². The van der Waals surface area contributed by atoms with Crippen LogP contribution in [0.3, 0.4) is 0 Å². The Labute approximate surface area is 77.6 Å². The Hall–Kier alpha value is -0.900. The van der Waals surface area contributed by atoms with Gasteiger partial charge in [-0.2, -0.15) is 8.42 Å². The Morgan fingerprint density at radius 3 is 2.38 bits per heavy atom. The summed E-state index contributed by atoms with van der Waals surface area (Å²) in [5.74, 6) is -0.529. The zero-order valence-electron chi connectivity index (χ0n) is 7.54. The zero-order valence-corrected chi connectivity index (χ0v) is 8.36. The fourth-order valence-electron chi connectivity index (χ4n) is 1.19. The topological polar surface area (TPSA) is 34.1 Å². The summed E-state index contributed by atoms with van der Waals surface area (Å²) in [6, 6.07) is 5.25. The van der Waals surface area contributed by atoms with E-state index in [4.69, 9.17) is 0 Å². The van der Waals surface area contributed by atoms with Gasteiger partial charge in [-0.1, -0.05) is 23.8 Å². The Balaban J connectivity index is 3.04. The average Bonchev–Trinajstić information content (AvgIpc) is 1.93. The number of benzene rings is 1. The minimum Gasteiger partial charge on any atom is -0.194 e. The molecule has 0 atom stereocenters. The Kier molecular flexibility index (Phi) is 2.71. The molecule has 1 rings (SSSR count). The van der Waals surface area contributed by atoms with Crippen LogP contribution in [0.4, 0.5) is 3.89 Å². The molecule has 0 radical (unpaired) electrons. The Morgan fingerprint density at radius 2 is 1.92 bits per heavy atom. The molecular formula is C9H11FO2S. The quantitative estimate of drug-likeness (QED) is 0.688.